The minimum Gasteiger partial charge on any atom is -0.493 e. The van der Waals surface area contributed by atoms with Crippen molar-refractivity contribution in [2.45, 2.75) is 65.3 Å². The van der Waals surface area contributed by atoms with Gasteiger partial charge in [-0.15, -0.1) is 0 Å². The van der Waals surface area contributed by atoms with Gasteiger partial charge in [0.15, 0.2) is 12.4 Å². The van der Waals surface area contributed by atoms with Crippen molar-refractivity contribution >= 4 is 17.6 Å². The normalized spacial score (nSPS) is 21.2. The maximum Gasteiger partial charge on any atom is 0.308 e. The van der Waals surface area contributed by atoms with Crippen molar-refractivity contribution in [2.24, 2.45) is 18.4 Å². The number of fused-ring (bicyclic) bond motifs is 1. The van der Waals surface area contributed by atoms with Crippen LogP contribution in [0.2, 0.25) is 0 Å². The number of benzene rings is 1. The third-order valence-electron chi connectivity index (χ3n) is 8.14. The van der Waals surface area contributed by atoms with Gasteiger partial charge in [-0.3, -0.25) is 14.5 Å². The van der Waals surface area contributed by atoms with E-state index < -0.39 is 11.9 Å². The molecular weight excluding hydrogens is 490 g/mol. The molecule has 1 aromatic carbocycles. The lowest BCUT2D eigenvalue weighted by molar-refractivity contribution is -0.670. The molecule has 0 aliphatic carbocycles. The highest BCUT2D eigenvalue weighted by molar-refractivity contribution is 5.94. The summed E-state index contributed by atoms with van der Waals surface area (Å²) < 4.78 is 7.65. The number of unbranched alkanes of at least 4 members (excludes halogenated alkanes) is 1. The van der Waals surface area contributed by atoms with Crippen molar-refractivity contribution in [3.63, 3.8) is 0 Å². The molecule has 0 saturated carbocycles. The number of hydrogen-bond donors (Lipinski definition) is 1. The van der Waals surface area contributed by atoms with E-state index in [1.165, 1.54) is 0 Å². The van der Waals surface area contributed by atoms with Crippen LogP contribution in [0.25, 0.3) is 0 Å². The first-order valence-corrected chi connectivity index (χ1v) is 14.3. The van der Waals surface area contributed by atoms with Crippen molar-refractivity contribution in [1.82, 2.24) is 4.90 Å². The lowest BCUT2D eigenvalue weighted by Crippen LogP contribution is -2.46. The highest BCUT2D eigenvalue weighted by atomic mass is 16.5. The number of rotatable bonds is 11. The average molecular weight is 535 g/mol. The first kappa shape index (κ1) is 28.8. The number of carboxylic acids is 1. The Morgan fingerprint density at radius 3 is 2.77 bits per heavy atom. The number of allylic oxidation sites excluding steroid dienone is 2. The van der Waals surface area contributed by atoms with Gasteiger partial charge in [0.1, 0.15) is 18.5 Å². The fourth-order valence-electron chi connectivity index (χ4n) is 6.28. The van der Waals surface area contributed by atoms with Gasteiger partial charge >= 0.3 is 5.97 Å². The van der Waals surface area contributed by atoms with Gasteiger partial charge in [-0.25, -0.2) is 4.57 Å². The number of aromatic nitrogens is 1. The fourth-order valence-corrected chi connectivity index (χ4v) is 6.28. The molecule has 2 aliphatic heterocycles. The minimum atomic E-state index is -0.800. The molecule has 210 valence electrons. The van der Waals surface area contributed by atoms with E-state index in [0.717, 1.165) is 41.8 Å². The number of likely N-dealkylation sites (tertiary alicyclic amines) is 1. The third kappa shape index (κ3) is 6.70. The number of carboxylic acid groups (broad SMARTS) is 1. The molecule has 2 aliphatic rings. The van der Waals surface area contributed by atoms with Crippen LogP contribution in [0.4, 0.5) is 5.69 Å². The highest BCUT2D eigenvalue weighted by Gasteiger charge is 2.48. The van der Waals surface area contributed by atoms with Gasteiger partial charge in [0, 0.05) is 37.5 Å². The summed E-state index contributed by atoms with van der Waals surface area (Å²) in [5.41, 5.74) is 2.82. The summed E-state index contributed by atoms with van der Waals surface area (Å²) in [6.07, 6.45) is 11.5. The monoisotopic (exact) mass is 534 g/mol. The Morgan fingerprint density at radius 1 is 1.28 bits per heavy atom. The zero-order valence-corrected chi connectivity index (χ0v) is 24.1. The van der Waals surface area contributed by atoms with Crippen molar-refractivity contribution in [3.8, 4) is 5.75 Å². The van der Waals surface area contributed by atoms with Crippen LogP contribution in [0.3, 0.4) is 0 Å². The molecule has 7 heteroatoms. The Bertz CT molecular complexity index is 1210. The van der Waals surface area contributed by atoms with Gasteiger partial charge in [0.05, 0.1) is 19.1 Å². The number of aryl methyl sites for hydroxylation is 1. The second-order valence-corrected chi connectivity index (χ2v) is 11.8. The van der Waals surface area contributed by atoms with Crippen molar-refractivity contribution in [2.75, 3.05) is 31.1 Å². The third-order valence-corrected chi connectivity index (χ3v) is 8.14. The molecule has 1 saturated heterocycles. The number of ether oxygens (including phenoxy) is 1. The Labute approximate surface area is 233 Å². The number of anilines is 1. The van der Waals surface area contributed by atoms with Gasteiger partial charge in [0.25, 0.3) is 0 Å². The number of aliphatic carboxylic acids is 1. The zero-order chi connectivity index (χ0) is 28.2. The highest BCUT2D eigenvalue weighted by Crippen LogP contribution is 2.44. The molecule has 2 aromatic rings. The number of nitrogens with zero attached hydrogens (tertiary/aromatic N) is 3. The predicted octanol–water partition coefficient (Wildman–Crippen LogP) is 4.74. The second kappa shape index (κ2) is 12.3. The van der Waals surface area contributed by atoms with E-state index in [1.54, 1.807) is 0 Å². The van der Waals surface area contributed by atoms with E-state index in [-0.39, 0.29) is 29.8 Å². The molecule has 3 heterocycles. The number of carbonyl (C=O) groups is 2. The van der Waals surface area contributed by atoms with Crippen molar-refractivity contribution in [3.05, 3.63) is 66.0 Å². The van der Waals surface area contributed by atoms with E-state index in [0.29, 0.717) is 26.1 Å². The van der Waals surface area contributed by atoms with Crippen molar-refractivity contribution < 1.29 is 24.0 Å². The van der Waals surface area contributed by atoms with Gasteiger partial charge in [-0.1, -0.05) is 51.5 Å². The summed E-state index contributed by atoms with van der Waals surface area (Å²) in [7, 11) is 1.95. The van der Waals surface area contributed by atoms with Crippen molar-refractivity contribution in [1.29, 1.82) is 0 Å². The molecule has 0 bridgehead atoms. The summed E-state index contributed by atoms with van der Waals surface area (Å²) >= 11 is 0. The lowest BCUT2D eigenvalue weighted by Gasteiger charge is -2.33. The molecule has 3 atom stereocenters. The molecule has 1 N–H and O–H groups in total. The number of amides is 1. The van der Waals surface area contributed by atoms with Crippen LogP contribution in [0.15, 0.2) is 54.9 Å². The molecule has 7 nitrogen and oxygen atoms in total. The maximum absolute atomic E-state index is 13.9. The fraction of sp³-hybridized carbons (Fsp3) is 0.531. The standard InChI is InChI=1S/C32H43N3O4/c1-6-8-16-35(25-10-9-15-33(5)20-25)29(36)22-34-21-26(23-11-12-28-24(18-23)13-17-39-28)30(31(37)38)27(34)19-32(3,4)14-7-2/h7,9-12,14-15,18,20,26-27,30H,6,8,13,16-17,19,21-22H2,1-5H3/p+1/t26-,27+,30-/m1/s1. The summed E-state index contributed by atoms with van der Waals surface area (Å²) in [6, 6.07) is 9.77. The topological polar surface area (TPSA) is 74.0 Å². The molecular formula is C32H44N3O4+. The molecule has 1 aromatic heterocycles. The summed E-state index contributed by atoms with van der Waals surface area (Å²) in [5.74, 6) is -0.710. The molecule has 1 amide bonds. The Balaban J connectivity index is 1.68. The van der Waals surface area contributed by atoms with E-state index >= 15 is 0 Å². The van der Waals surface area contributed by atoms with Crippen LogP contribution in [-0.4, -0.2) is 54.2 Å². The average Bonchev–Trinajstić information content (AvgIpc) is 3.48. The van der Waals surface area contributed by atoms with E-state index in [1.807, 2.05) is 66.2 Å². The molecule has 0 spiro atoms. The molecule has 4 rings (SSSR count). The first-order valence-electron chi connectivity index (χ1n) is 14.3. The zero-order valence-electron chi connectivity index (χ0n) is 24.1. The first-order chi connectivity index (χ1) is 18.6. The number of carbonyl (C=O) groups excluding carboxylic acids is 1. The molecule has 39 heavy (non-hydrogen) atoms. The van der Waals surface area contributed by atoms with Gasteiger partial charge in [-0.2, -0.15) is 0 Å². The van der Waals surface area contributed by atoms with Gasteiger partial charge in [-0.05, 0) is 48.4 Å². The van der Waals surface area contributed by atoms with Crippen LogP contribution in [0.1, 0.15) is 64.0 Å². The van der Waals surface area contributed by atoms with Crippen LogP contribution in [-0.2, 0) is 23.1 Å². The second-order valence-electron chi connectivity index (χ2n) is 11.8. The molecule has 0 radical (unpaired) electrons. The maximum atomic E-state index is 13.9. The molecule has 0 unspecified atom stereocenters. The van der Waals surface area contributed by atoms with Crippen LogP contribution < -0.4 is 14.2 Å². The Morgan fingerprint density at radius 2 is 2.08 bits per heavy atom. The number of pyridine rings is 1. The predicted molar refractivity (Wildman–Crippen MR) is 153 cm³/mol. The smallest absolute Gasteiger partial charge is 0.308 e. The van der Waals surface area contributed by atoms with Gasteiger partial charge in [0.2, 0.25) is 5.91 Å². The minimum absolute atomic E-state index is 0.00984. The van der Waals surface area contributed by atoms with Gasteiger partial charge < -0.3 is 14.7 Å². The van der Waals surface area contributed by atoms with Crippen LogP contribution in [0.5, 0.6) is 5.75 Å². The van der Waals surface area contributed by atoms with E-state index in [4.69, 9.17) is 4.74 Å². The Hall–Kier alpha value is -3.19. The molecule has 1 fully saturated rings. The van der Waals surface area contributed by atoms with E-state index in [9.17, 15) is 14.7 Å². The van der Waals surface area contributed by atoms with Crippen LogP contribution >= 0.6 is 0 Å². The summed E-state index contributed by atoms with van der Waals surface area (Å²) in [6.45, 7) is 10.4. The Kier molecular flexibility index (Phi) is 9.11. The van der Waals surface area contributed by atoms with Crippen LogP contribution in [0, 0.1) is 11.3 Å². The number of hydrogen-bond acceptors (Lipinski definition) is 4. The SMILES string of the molecule is CC=CC(C)(C)C[C@H]1[C@H](C(=O)O)[C@@H](c2ccc3c(c2)CCO3)CN1CC(=O)N(CCCC)c1ccc[n+](C)c1. The van der Waals surface area contributed by atoms with E-state index in [2.05, 4.69) is 37.8 Å². The quantitative estimate of drug-likeness (QED) is 0.333. The largest absolute Gasteiger partial charge is 0.493 e. The lowest BCUT2D eigenvalue weighted by atomic mass is 9.77. The summed E-state index contributed by atoms with van der Waals surface area (Å²) in [4.78, 5) is 30.8. The summed E-state index contributed by atoms with van der Waals surface area (Å²) in [5, 5.41) is 10.6.